The molecule has 0 aliphatic carbocycles. The lowest BCUT2D eigenvalue weighted by molar-refractivity contribution is 0.428. The molecule has 1 unspecified atom stereocenters. The molecule has 1 saturated heterocycles. The highest BCUT2D eigenvalue weighted by atomic mass is 32.2. The Kier molecular flexibility index (Phi) is 4.99. The van der Waals surface area contributed by atoms with Crippen molar-refractivity contribution in [2.24, 2.45) is 5.92 Å². The summed E-state index contributed by atoms with van der Waals surface area (Å²) < 4.78 is 23.0. The zero-order chi connectivity index (χ0) is 17.0. The van der Waals surface area contributed by atoms with Crippen molar-refractivity contribution in [3.8, 4) is 0 Å². The molecule has 6 nitrogen and oxygen atoms in total. The quantitative estimate of drug-likeness (QED) is 0.895. The van der Waals surface area contributed by atoms with Gasteiger partial charge in [0.1, 0.15) is 0 Å². The normalized spacial score (nSPS) is 18.4. The van der Waals surface area contributed by atoms with Crippen LogP contribution in [0.3, 0.4) is 0 Å². The number of anilines is 2. The molecule has 0 spiro atoms. The lowest BCUT2D eigenvalue weighted by Crippen LogP contribution is -2.39. The Morgan fingerprint density at radius 3 is 2.58 bits per heavy atom. The van der Waals surface area contributed by atoms with Crippen LogP contribution in [0.2, 0.25) is 0 Å². The SMILES string of the molecule is CS(=O)(=O)c1ccc(NCC2CCCN(c3ncccn3)C2)cc1. The van der Waals surface area contributed by atoms with E-state index in [2.05, 4.69) is 20.2 Å². The lowest BCUT2D eigenvalue weighted by Gasteiger charge is -2.32. The first-order valence-corrected chi connectivity index (χ1v) is 9.97. The Bertz CT molecular complexity index is 763. The van der Waals surface area contributed by atoms with E-state index in [0.717, 1.165) is 44.1 Å². The van der Waals surface area contributed by atoms with Crippen LogP contribution < -0.4 is 10.2 Å². The molecule has 0 amide bonds. The summed E-state index contributed by atoms with van der Waals surface area (Å²) in [6, 6.07) is 8.74. The maximum absolute atomic E-state index is 11.5. The summed E-state index contributed by atoms with van der Waals surface area (Å²) in [5.41, 5.74) is 0.940. The van der Waals surface area contributed by atoms with Gasteiger partial charge in [0.05, 0.1) is 4.90 Å². The van der Waals surface area contributed by atoms with Gasteiger partial charge < -0.3 is 10.2 Å². The van der Waals surface area contributed by atoms with Gasteiger partial charge in [-0.3, -0.25) is 0 Å². The zero-order valence-corrected chi connectivity index (χ0v) is 14.5. The molecule has 24 heavy (non-hydrogen) atoms. The molecule has 1 N–H and O–H groups in total. The number of hydrogen-bond acceptors (Lipinski definition) is 6. The van der Waals surface area contributed by atoms with Gasteiger partial charge in [-0.2, -0.15) is 0 Å². The average Bonchev–Trinajstić information content (AvgIpc) is 2.61. The largest absolute Gasteiger partial charge is 0.385 e. The third-order valence-corrected chi connectivity index (χ3v) is 5.36. The summed E-state index contributed by atoms with van der Waals surface area (Å²) >= 11 is 0. The third kappa shape index (κ3) is 4.23. The monoisotopic (exact) mass is 346 g/mol. The number of aromatic nitrogens is 2. The van der Waals surface area contributed by atoms with E-state index in [-0.39, 0.29) is 0 Å². The minimum Gasteiger partial charge on any atom is -0.385 e. The first-order chi connectivity index (χ1) is 11.5. The maximum Gasteiger partial charge on any atom is 0.225 e. The van der Waals surface area contributed by atoms with Crippen LogP contribution in [0, 0.1) is 5.92 Å². The number of rotatable bonds is 5. The van der Waals surface area contributed by atoms with E-state index in [0.29, 0.717) is 10.8 Å². The fourth-order valence-electron chi connectivity index (χ4n) is 2.95. The van der Waals surface area contributed by atoms with Crippen LogP contribution in [0.15, 0.2) is 47.6 Å². The van der Waals surface area contributed by atoms with Crippen LogP contribution in [-0.2, 0) is 9.84 Å². The van der Waals surface area contributed by atoms with E-state index >= 15 is 0 Å². The fraction of sp³-hybridized carbons (Fsp3) is 0.412. The first-order valence-electron chi connectivity index (χ1n) is 8.08. The topological polar surface area (TPSA) is 75.2 Å². The van der Waals surface area contributed by atoms with E-state index in [1.54, 1.807) is 24.5 Å². The lowest BCUT2D eigenvalue weighted by atomic mass is 9.98. The summed E-state index contributed by atoms with van der Waals surface area (Å²) in [5, 5.41) is 3.40. The molecule has 1 aliphatic heterocycles. The molecule has 0 bridgehead atoms. The van der Waals surface area contributed by atoms with E-state index in [9.17, 15) is 8.42 Å². The van der Waals surface area contributed by atoms with Gasteiger partial charge in [-0.05, 0) is 49.1 Å². The minimum absolute atomic E-state index is 0.345. The second-order valence-electron chi connectivity index (χ2n) is 6.18. The molecule has 1 fully saturated rings. The van der Waals surface area contributed by atoms with Crippen LogP contribution >= 0.6 is 0 Å². The van der Waals surface area contributed by atoms with E-state index in [1.807, 2.05) is 18.2 Å². The molecule has 7 heteroatoms. The first kappa shape index (κ1) is 16.7. The van der Waals surface area contributed by atoms with Gasteiger partial charge in [0.2, 0.25) is 5.95 Å². The number of hydrogen-bond donors (Lipinski definition) is 1. The number of nitrogens with one attached hydrogen (secondary N) is 1. The van der Waals surface area contributed by atoms with Crippen molar-refractivity contribution in [3.63, 3.8) is 0 Å². The van der Waals surface area contributed by atoms with Gasteiger partial charge >= 0.3 is 0 Å². The summed E-state index contributed by atoms with van der Waals surface area (Å²) in [7, 11) is -3.14. The number of sulfone groups is 1. The highest BCUT2D eigenvalue weighted by Crippen LogP contribution is 2.21. The molecule has 1 atom stereocenters. The molecule has 1 aromatic carbocycles. The summed E-state index contributed by atoms with van der Waals surface area (Å²) in [4.78, 5) is 11.2. The fourth-order valence-corrected chi connectivity index (χ4v) is 3.58. The van der Waals surface area contributed by atoms with Crippen LogP contribution in [0.4, 0.5) is 11.6 Å². The molecule has 0 radical (unpaired) electrons. The van der Waals surface area contributed by atoms with Gasteiger partial charge in [-0.15, -0.1) is 0 Å². The molecule has 1 aliphatic rings. The van der Waals surface area contributed by atoms with Crippen molar-refractivity contribution >= 4 is 21.5 Å². The zero-order valence-electron chi connectivity index (χ0n) is 13.7. The van der Waals surface area contributed by atoms with Gasteiger partial charge in [0.15, 0.2) is 9.84 Å². The second-order valence-corrected chi connectivity index (χ2v) is 8.20. The van der Waals surface area contributed by atoms with E-state index in [4.69, 9.17) is 0 Å². The molecular weight excluding hydrogens is 324 g/mol. The molecule has 0 saturated carbocycles. The molecule has 128 valence electrons. The number of piperidine rings is 1. The predicted octanol–water partition coefficient (Wildman–Crippen LogP) is 2.21. The summed E-state index contributed by atoms with van der Waals surface area (Å²) in [5.74, 6) is 1.30. The molecule has 1 aromatic heterocycles. The van der Waals surface area contributed by atoms with Crippen LogP contribution in [0.25, 0.3) is 0 Å². The highest BCUT2D eigenvalue weighted by molar-refractivity contribution is 7.90. The van der Waals surface area contributed by atoms with Crippen molar-refractivity contribution in [3.05, 3.63) is 42.7 Å². The standard InChI is InChI=1S/C17H22N4O2S/c1-24(22,23)16-7-5-15(6-8-16)20-12-14-4-2-11-21(13-14)17-18-9-3-10-19-17/h3,5-10,14,20H,2,4,11-13H2,1H3. The summed E-state index contributed by atoms with van der Waals surface area (Å²) in [6.07, 6.45) is 7.05. The van der Waals surface area contributed by atoms with Crippen molar-refractivity contribution < 1.29 is 8.42 Å². The Hall–Kier alpha value is -2.15. The van der Waals surface area contributed by atoms with Gasteiger partial charge in [0, 0.05) is 44.0 Å². The van der Waals surface area contributed by atoms with Gasteiger partial charge in [0.25, 0.3) is 0 Å². The molecule has 2 aromatic rings. The van der Waals surface area contributed by atoms with Crippen molar-refractivity contribution in [2.75, 3.05) is 36.1 Å². The highest BCUT2D eigenvalue weighted by Gasteiger charge is 2.21. The van der Waals surface area contributed by atoms with Gasteiger partial charge in [-0.1, -0.05) is 0 Å². The Morgan fingerprint density at radius 1 is 1.21 bits per heavy atom. The van der Waals surface area contributed by atoms with Crippen LogP contribution in [-0.4, -0.2) is 44.3 Å². The Balaban J connectivity index is 1.56. The Labute approximate surface area is 142 Å². The smallest absolute Gasteiger partial charge is 0.225 e. The number of benzene rings is 1. The maximum atomic E-state index is 11.5. The molecule has 3 rings (SSSR count). The van der Waals surface area contributed by atoms with Crippen molar-refractivity contribution in [1.29, 1.82) is 0 Å². The Morgan fingerprint density at radius 2 is 1.92 bits per heavy atom. The van der Waals surface area contributed by atoms with Gasteiger partial charge in [-0.25, -0.2) is 18.4 Å². The summed E-state index contributed by atoms with van der Waals surface area (Å²) in [6.45, 7) is 2.77. The number of nitrogens with zero attached hydrogens (tertiary/aromatic N) is 3. The third-order valence-electron chi connectivity index (χ3n) is 4.23. The minimum atomic E-state index is -3.14. The van der Waals surface area contributed by atoms with Crippen LogP contribution in [0.5, 0.6) is 0 Å². The van der Waals surface area contributed by atoms with Crippen LogP contribution in [0.1, 0.15) is 12.8 Å². The van der Waals surface area contributed by atoms with Crippen molar-refractivity contribution in [2.45, 2.75) is 17.7 Å². The predicted molar refractivity (Wildman–Crippen MR) is 95.0 cm³/mol. The molecular formula is C17H22N4O2S. The van der Waals surface area contributed by atoms with E-state index < -0.39 is 9.84 Å². The van der Waals surface area contributed by atoms with E-state index in [1.165, 1.54) is 6.26 Å². The molecule has 2 heterocycles. The second kappa shape index (κ2) is 7.17. The average molecular weight is 346 g/mol. The van der Waals surface area contributed by atoms with Crippen molar-refractivity contribution in [1.82, 2.24) is 9.97 Å².